The quantitative estimate of drug-likeness (QED) is 0.0719. The molecule has 4 aromatic rings. The number of phosphoric ester groups is 1. The summed E-state index contributed by atoms with van der Waals surface area (Å²) in [4.78, 5) is 35.4. The Morgan fingerprint density at radius 1 is 0.943 bits per heavy atom. The van der Waals surface area contributed by atoms with E-state index in [1.807, 2.05) is 48.5 Å². The number of nitrogens with one attached hydrogen (secondary N) is 1. The fourth-order valence-electron chi connectivity index (χ4n) is 5.39. The summed E-state index contributed by atoms with van der Waals surface area (Å²) >= 11 is 0. The fraction of sp³-hybridized carbons (Fsp3) is 0.432. The van der Waals surface area contributed by atoms with Crippen molar-refractivity contribution in [2.24, 2.45) is 0 Å². The highest BCUT2D eigenvalue weighted by Gasteiger charge is 2.46. The Kier molecular flexibility index (Phi) is 13.0. The predicted molar refractivity (Wildman–Crippen MR) is 201 cm³/mol. The molecule has 0 bridgehead atoms. The van der Waals surface area contributed by atoms with Crippen LogP contribution in [0.15, 0.2) is 83.0 Å². The summed E-state index contributed by atoms with van der Waals surface area (Å²) in [6.45, 7) is 11.5. The van der Waals surface area contributed by atoms with Gasteiger partial charge in [-0.2, -0.15) is 5.26 Å². The van der Waals surface area contributed by atoms with E-state index >= 15 is 0 Å². The average molecular weight is 764 g/mol. The second-order valence-corrected chi connectivity index (χ2v) is 20.6. The van der Waals surface area contributed by atoms with Gasteiger partial charge in [-0.1, -0.05) is 20.8 Å². The lowest BCUT2D eigenvalue weighted by Gasteiger charge is -2.39. The van der Waals surface area contributed by atoms with Crippen LogP contribution in [0.4, 0.5) is 0 Å². The van der Waals surface area contributed by atoms with Crippen molar-refractivity contribution in [1.29, 1.82) is 5.26 Å². The van der Waals surface area contributed by atoms with E-state index in [0.29, 0.717) is 11.3 Å². The van der Waals surface area contributed by atoms with Gasteiger partial charge in [0.25, 0.3) is 5.56 Å². The van der Waals surface area contributed by atoms with E-state index in [1.54, 1.807) is 31.7 Å². The van der Waals surface area contributed by atoms with Crippen molar-refractivity contribution < 1.29 is 32.0 Å². The van der Waals surface area contributed by atoms with Gasteiger partial charge < -0.3 is 13.9 Å². The molecule has 4 heterocycles. The van der Waals surface area contributed by atoms with Crippen LogP contribution in [0.2, 0.25) is 18.1 Å². The van der Waals surface area contributed by atoms with Gasteiger partial charge in [-0.25, -0.2) is 9.36 Å². The topological polar surface area (TPSA) is 177 Å². The molecule has 0 saturated carbocycles. The molecule has 1 N–H and O–H groups in total. The molecule has 1 saturated heterocycles. The minimum absolute atomic E-state index is 0.00185. The largest absolute Gasteiger partial charge is 0.491 e. The third-order valence-electron chi connectivity index (χ3n) is 9.28. The number of aromatic nitrogens is 4. The number of aromatic amines is 1. The van der Waals surface area contributed by atoms with Crippen LogP contribution in [0, 0.1) is 18.3 Å². The van der Waals surface area contributed by atoms with Gasteiger partial charge >= 0.3 is 13.5 Å². The van der Waals surface area contributed by atoms with Crippen LogP contribution in [0.1, 0.15) is 45.4 Å². The van der Waals surface area contributed by atoms with Gasteiger partial charge in [0, 0.05) is 43.0 Å². The number of aryl methyl sites for hydroxylation is 1. The molecule has 1 aliphatic rings. The molecule has 1 unspecified atom stereocenters. The number of nitrogens with zero attached hydrogens (tertiary/aromatic N) is 4. The molecule has 53 heavy (non-hydrogen) atoms. The lowest BCUT2D eigenvalue weighted by Crippen LogP contribution is -2.46. The van der Waals surface area contributed by atoms with Gasteiger partial charge in [0.15, 0.2) is 8.32 Å². The number of ether oxygens (including phenoxy) is 2. The van der Waals surface area contributed by atoms with E-state index in [9.17, 15) is 14.2 Å². The Morgan fingerprint density at radius 3 is 2.13 bits per heavy atom. The number of H-pyrrole nitrogens is 1. The average Bonchev–Trinajstić information content (AvgIpc) is 3.52. The van der Waals surface area contributed by atoms with Crippen LogP contribution in [0.25, 0.3) is 22.3 Å². The van der Waals surface area contributed by atoms with Crippen molar-refractivity contribution in [3.8, 4) is 34.1 Å². The van der Waals surface area contributed by atoms with Gasteiger partial charge in [0.1, 0.15) is 24.7 Å². The molecule has 1 aliphatic heterocycles. The van der Waals surface area contributed by atoms with E-state index in [-0.39, 0.29) is 44.3 Å². The fourth-order valence-corrected chi connectivity index (χ4v) is 7.92. The maximum atomic E-state index is 13.9. The molecule has 0 radical (unpaired) electrons. The van der Waals surface area contributed by atoms with Crippen LogP contribution in [-0.4, -0.2) is 66.5 Å². The van der Waals surface area contributed by atoms with E-state index < -0.39 is 45.8 Å². The summed E-state index contributed by atoms with van der Waals surface area (Å²) in [6.07, 6.45) is 6.46. The number of rotatable bonds is 16. The zero-order valence-corrected chi connectivity index (χ0v) is 32.7. The second-order valence-electron chi connectivity index (χ2n) is 14.1. The Hall–Kier alpha value is -4.26. The molecule has 1 aromatic carbocycles. The van der Waals surface area contributed by atoms with Crippen LogP contribution in [0.3, 0.4) is 0 Å². The molecule has 4 atom stereocenters. The minimum Gasteiger partial charge on any atom is -0.491 e. The van der Waals surface area contributed by atoms with Crippen molar-refractivity contribution in [3.63, 3.8) is 0 Å². The Bertz CT molecular complexity index is 1990. The third kappa shape index (κ3) is 10.5. The van der Waals surface area contributed by atoms with E-state index in [1.165, 1.54) is 10.8 Å². The lowest BCUT2D eigenvalue weighted by atomic mass is 10.00. The van der Waals surface area contributed by atoms with Crippen molar-refractivity contribution >= 4 is 16.1 Å². The van der Waals surface area contributed by atoms with Crippen molar-refractivity contribution in [2.75, 3.05) is 26.4 Å². The molecule has 3 aromatic heterocycles. The summed E-state index contributed by atoms with van der Waals surface area (Å²) in [5.41, 5.74) is 2.97. The van der Waals surface area contributed by atoms with Crippen LogP contribution in [0.5, 0.6) is 5.75 Å². The smallest absolute Gasteiger partial charge is 0.475 e. The summed E-state index contributed by atoms with van der Waals surface area (Å²) in [5, 5.41) is 8.97. The molecular formula is C37H46N5O9PSi. The zero-order chi connectivity index (χ0) is 38.2. The molecule has 1 fully saturated rings. The Balaban J connectivity index is 1.30. The van der Waals surface area contributed by atoms with Gasteiger partial charge in [0.05, 0.1) is 38.4 Å². The molecule has 0 amide bonds. The van der Waals surface area contributed by atoms with E-state index in [4.69, 9.17) is 32.7 Å². The van der Waals surface area contributed by atoms with Crippen LogP contribution in [-0.2, 0) is 27.3 Å². The highest BCUT2D eigenvalue weighted by Crippen LogP contribution is 2.50. The third-order valence-corrected chi connectivity index (χ3v) is 15.3. The molecule has 0 aliphatic carbocycles. The first-order chi connectivity index (χ1) is 25.2. The first-order valence-corrected chi connectivity index (χ1v) is 21.7. The SMILES string of the molecule is Cc1cn([C@H]2C[C@H](O[Si](C)(C)C(C)(C)C)[C@@H](COP(=O)(OCCC#N)OCCOc3cc(-c4ccncc4)cc(-c4ccncc4)c3)O2)c(=O)[nH]c1=O. The molecule has 14 nitrogen and oxygen atoms in total. The molecule has 5 rings (SSSR count). The normalized spacial score (nSPS) is 18.7. The van der Waals surface area contributed by atoms with Gasteiger partial charge in [0.2, 0.25) is 0 Å². The van der Waals surface area contributed by atoms with Crippen molar-refractivity contribution in [3.05, 3.63) is 99.9 Å². The number of hydrogen-bond acceptors (Lipinski definition) is 12. The Morgan fingerprint density at radius 2 is 1.55 bits per heavy atom. The summed E-state index contributed by atoms with van der Waals surface area (Å²) in [6, 6.07) is 15.4. The maximum absolute atomic E-state index is 13.9. The number of pyridine rings is 2. The zero-order valence-electron chi connectivity index (χ0n) is 30.8. The molecule has 0 spiro atoms. The Labute approximate surface area is 309 Å². The van der Waals surface area contributed by atoms with Gasteiger partial charge in [-0.3, -0.25) is 37.9 Å². The second kappa shape index (κ2) is 17.3. The van der Waals surface area contributed by atoms with Crippen molar-refractivity contribution in [1.82, 2.24) is 19.5 Å². The predicted octanol–water partition coefficient (Wildman–Crippen LogP) is 6.80. The summed E-state index contributed by atoms with van der Waals surface area (Å²) < 4.78 is 51.5. The number of hydrogen-bond donors (Lipinski definition) is 1. The highest BCUT2D eigenvalue weighted by molar-refractivity contribution is 7.48. The minimum atomic E-state index is -4.25. The van der Waals surface area contributed by atoms with Gasteiger partial charge in [-0.15, -0.1) is 0 Å². The van der Waals surface area contributed by atoms with E-state index in [0.717, 1.165) is 22.3 Å². The lowest BCUT2D eigenvalue weighted by molar-refractivity contribution is -0.0465. The standard InChI is InChI=1S/C37H46N5O9PSi/c1-26-24-42(36(44)41-35(26)43)34-23-32(51-53(5,6)37(2,3)4)33(50-34)25-49-52(45,47-17-7-12-38)48-19-18-46-31-21-29(27-8-13-39-14-9-27)20-30(22-31)28-10-15-40-16-11-28/h8-11,13-16,20-22,24,32-34H,7,17-19,23,25H2,1-6H3,(H,41,43,44)/t32-,33+,34+,52?/m0/s1. The first-order valence-electron chi connectivity index (χ1n) is 17.3. The van der Waals surface area contributed by atoms with Crippen molar-refractivity contribution in [2.45, 2.75) is 77.1 Å². The summed E-state index contributed by atoms with van der Waals surface area (Å²) in [5.74, 6) is 0.555. The maximum Gasteiger partial charge on any atom is 0.475 e. The molecular weight excluding hydrogens is 717 g/mol. The van der Waals surface area contributed by atoms with Crippen LogP contribution >= 0.6 is 7.82 Å². The number of phosphoric acid groups is 1. The van der Waals surface area contributed by atoms with E-state index in [2.05, 4.69) is 48.8 Å². The number of benzene rings is 1. The highest BCUT2D eigenvalue weighted by atomic mass is 31.2. The summed E-state index contributed by atoms with van der Waals surface area (Å²) in [7, 11) is -6.61. The number of nitriles is 1. The molecule has 16 heteroatoms. The monoisotopic (exact) mass is 763 g/mol. The van der Waals surface area contributed by atoms with Crippen LogP contribution < -0.4 is 16.0 Å². The first kappa shape index (κ1) is 39.9. The molecule has 282 valence electrons. The van der Waals surface area contributed by atoms with Gasteiger partial charge in [-0.05, 0) is 89.8 Å².